The van der Waals surface area contributed by atoms with Crippen LogP contribution in [0.4, 0.5) is 14.5 Å². The van der Waals surface area contributed by atoms with E-state index in [4.69, 9.17) is 5.73 Å². The van der Waals surface area contributed by atoms with Gasteiger partial charge in [0.25, 0.3) is 0 Å². The quantitative estimate of drug-likeness (QED) is 0.704. The van der Waals surface area contributed by atoms with Gasteiger partial charge in [-0.15, -0.1) is 0 Å². The van der Waals surface area contributed by atoms with Gasteiger partial charge in [-0.05, 0) is 12.1 Å². The zero-order valence-electron chi connectivity index (χ0n) is 7.11. The number of hydrogen-bond donors (Lipinski definition) is 1. The molecule has 0 bridgehead atoms. The standard InChI is InChI=1S/C9H7F2N3/c10-6-1-2-7(12)9(8(6)11)14-4-3-13-5-14/h1-5H,12H2. The first-order chi connectivity index (χ1) is 6.70. The molecule has 0 atom stereocenters. The smallest absolute Gasteiger partial charge is 0.184 e. The van der Waals surface area contributed by atoms with Gasteiger partial charge in [0.15, 0.2) is 11.6 Å². The highest BCUT2D eigenvalue weighted by molar-refractivity contribution is 5.58. The van der Waals surface area contributed by atoms with E-state index in [1.165, 1.54) is 29.4 Å². The Labute approximate surface area is 78.8 Å². The highest BCUT2D eigenvalue weighted by atomic mass is 19.2. The molecule has 3 nitrogen and oxygen atoms in total. The third-order valence-corrected chi connectivity index (χ3v) is 1.86. The van der Waals surface area contributed by atoms with E-state index < -0.39 is 11.6 Å². The molecule has 0 aliphatic carbocycles. The van der Waals surface area contributed by atoms with Gasteiger partial charge in [-0.1, -0.05) is 0 Å². The fourth-order valence-electron chi connectivity index (χ4n) is 1.21. The van der Waals surface area contributed by atoms with Crippen molar-refractivity contribution in [1.82, 2.24) is 9.55 Å². The summed E-state index contributed by atoms with van der Waals surface area (Å²) >= 11 is 0. The van der Waals surface area contributed by atoms with Gasteiger partial charge >= 0.3 is 0 Å². The predicted molar refractivity (Wildman–Crippen MR) is 47.9 cm³/mol. The predicted octanol–water partition coefficient (Wildman–Crippen LogP) is 1.73. The van der Waals surface area contributed by atoms with E-state index in [0.717, 1.165) is 6.07 Å². The molecule has 5 heteroatoms. The summed E-state index contributed by atoms with van der Waals surface area (Å²) in [7, 11) is 0. The Balaban J connectivity index is 2.69. The minimum Gasteiger partial charge on any atom is -0.397 e. The first kappa shape index (κ1) is 8.68. The lowest BCUT2D eigenvalue weighted by Gasteiger charge is -2.07. The SMILES string of the molecule is Nc1ccc(F)c(F)c1-n1ccnc1. The molecule has 1 heterocycles. The molecule has 2 aromatic rings. The summed E-state index contributed by atoms with van der Waals surface area (Å²) < 4.78 is 27.5. The molecule has 0 aliphatic heterocycles. The van der Waals surface area contributed by atoms with Crippen LogP contribution in [0.5, 0.6) is 0 Å². The molecule has 0 radical (unpaired) electrons. The molecule has 0 saturated heterocycles. The summed E-state index contributed by atoms with van der Waals surface area (Å²) in [6, 6.07) is 2.30. The van der Waals surface area contributed by atoms with Gasteiger partial charge in [0.2, 0.25) is 0 Å². The topological polar surface area (TPSA) is 43.8 Å². The maximum Gasteiger partial charge on any atom is 0.184 e. The maximum atomic E-state index is 13.3. The number of hydrogen-bond acceptors (Lipinski definition) is 2. The summed E-state index contributed by atoms with van der Waals surface area (Å²) in [5.41, 5.74) is 5.68. The van der Waals surface area contributed by atoms with Gasteiger partial charge in [0, 0.05) is 12.4 Å². The van der Waals surface area contributed by atoms with Crippen molar-refractivity contribution >= 4 is 5.69 Å². The normalized spacial score (nSPS) is 10.4. The lowest BCUT2D eigenvalue weighted by atomic mass is 10.2. The fraction of sp³-hybridized carbons (Fsp3) is 0. The third kappa shape index (κ3) is 1.22. The van der Waals surface area contributed by atoms with Crippen molar-refractivity contribution in [3.63, 3.8) is 0 Å². The highest BCUT2D eigenvalue weighted by Gasteiger charge is 2.12. The van der Waals surface area contributed by atoms with Crippen LogP contribution in [0.2, 0.25) is 0 Å². The monoisotopic (exact) mass is 195 g/mol. The van der Waals surface area contributed by atoms with Crippen molar-refractivity contribution in [2.24, 2.45) is 0 Å². The van der Waals surface area contributed by atoms with E-state index in [0.29, 0.717) is 0 Å². The lowest BCUT2D eigenvalue weighted by molar-refractivity contribution is 0.505. The van der Waals surface area contributed by atoms with E-state index in [2.05, 4.69) is 4.98 Å². The van der Waals surface area contributed by atoms with Crippen LogP contribution in [-0.2, 0) is 0 Å². The first-order valence-corrected chi connectivity index (χ1v) is 3.92. The molecule has 0 spiro atoms. The Morgan fingerprint density at radius 1 is 1.29 bits per heavy atom. The largest absolute Gasteiger partial charge is 0.397 e. The molecule has 72 valence electrons. The second kappa shape index (κ2) is 3.10. The zero-order valence-corrected chi connectivity index (χ0v) is 7.11. The van der Waals surface area contributed by atoms with Crippen LogP contribution in [-0.4, -0.2) is 9.55 Å². The van der Waals surface area contributed by atoms with Crippen LogP contribution >= 0.6 is 0 Å². The molecule has 0 saturated carbocycles. The second-order valence-electron chi connectivity index (χ2n) is 2.77. The van der Waals surface area contributed by atoms with Crippen molar-refractivity contribution in [1.29, 1.82) is 0 Å². The number of anilines is 1. The van der Waals surface area contributed by atoms with Crippen LogP contribution in [0.15, 0.2) is 30.9 Å². The average molecular weight is 195 g/mol. The molecule has 2 N–H and O–H groups in total. The van der Waals surface area contributed by atoms with E-state index in [-0.39, 0.29) is 11.4 Å². The van der Waals surface area contributed by atoms with Crippen molar-refractivity contribution in [2.75, 3.05) is 5.73 Å². The Bertz CT molecular complexity index is 451. The van der Waals surface area contributed by atoms with E-state index in [1.54, 1.807) is 0 Å². The Hall–Kier alpha value is -1.91. The van der Waals surface area contributed by atoms with Crippen molar-refractivity contribution in [3.8, 4) is 5.69 Å². The Kier molecular flexibility index (Phi) is 1.92. The number of nitrogens with two attached hydrogens (primary N) is 1. The second-order valence-corrected chi connectivity index (χ2v) is 2.77. The first-order valence-electron chi connectivity index (χ1n) is 3.92. The fourth-order valence-corrected chi connectivity index (χ4v) is 1.21. The maximum absolute atomic E-state index is 13.3. The van der Waals surface area contributed by atoms with E-state index >= 15 is 0 Å². The summed E-state index contributed by atoms with van der Waals surface area (Å²) in [6.07, 6.45) is 4.31. The molecule has 1 aromatic carbocycles. The van der Waals surface area contributed by atoms with Gasteiger partial charge in [-0.3, -0.25) is 0 Å². The number of nitrogens with zero attached hydrogens (tertiary/aromatic N) is 2. The van der Waals surface area contributed by atoms with Gasteiger partial charge in [0.05, 0.1) is 12.0 Å². The minimum absolute atomic E-state index is 0.0116. The van der Waals surface area contributed by atoms with Crippen LogP contribution in [0, 0.1) is 11.6 Å². The Morgan fingerprint density at radius 2 is 2.07 bits per heavy atom. The lowest BCUT2D eigenvalue weighted by Crippen LogP contribution is -2.02. The highest BCUT2D eigenvalue weighted by Crippen LogP contribution is 2.22. The van der Waals surface area contributed by atoms with Crippen LogP contribution < -0.4 is 5.73 Å². The molecule has 0 unspecified atom stereocenters. The van der Waals surface area contributed by atoms with Gasteiger partial charge in [-0.2, -0.15) is 0 Å². The number of aromatic nitrogens is 2. The number of benzene rings is 1. The summed E-state index contributed by atoms with van der Waals surface area (Å²) in [5, 5.41) is 0. The molecule has 14 heavy (non-hydrogen) atoms. The molecular formula is C9H7F2N3. The van der Waals surface area contributed by atoms with Gasteiger partial charge in [0.1, 0.15) is 5.69 Å². The molecular weight excluding hydrogens is 188 g/mol. The van der Waals surface area contributed by atoms with Gasteiger partial charge in [-0.25, -0.2) is 13.8 Å². The number of nitrogen functional groups attached to an aromatic ring is 1. The molecule has 0 aliphatic rings. The van der Waals surface area contributed by atoms with Crippen molar-refractivity contribution in [3.05, 3.63) is 42.5 Å². The van der Waals surface area contributed by atoms with E-state index in [1.807, 2.05) is 0 Å². The Morgan fingerprint density at radius 3 is 2.71 bits per heavy atom. The molecule has 1 aromatic heterocycles. The minimum atomic E-state index is -0.969. The van der Waals surface area contributed by atoms with Crippen LogP contribution in [0.25, 0.3) is 5.69 Å². The number of rotatable bonds is 1. The zero-order chi connectivity index (χ0) is 10.1. The summed E-state index contributed by atoms with van der Waals surface area (Å²) in [6.45, 7) is 0. The van der Waals surface area contributed by atoms with Gasteiger partial charge < -0.3 is 10.3 Å². The van der Waals surface area contributed by atoms with E-state index in [9.17, 15) is 8.78 Å². The van der Waals surface area contributed by atoms with Crippen LogP contribution in [0.3, 0.4) is 0 Å². The summed E-state index contributed by atoms with van der Waals surface area (Å²) in [5.74, 6) is -1.90. The van der Waals surface area contributed by atoms with Crippen LogP contribution in [0.1, 0.15) is 0 Å². The molecule has 0 fully saturated rings. The third-order valence-electron chi connectivity index (χ3n) is 1.86. The van der Waals surface area contributed by atoms with Crippen molar-refractivity contribution in [2.45, 2.75) is 0 Å². The number of imidazole rings is 1. The van der Waals surface area contributed by atoms with Crippen molar-refractivity contribution < 1.29 is 8.78 Å². The molecule has 2 rings (SSSR count). The molecule has 0 amide bonds. The number of halogens is 2. The summed E-state index contributed by atoms with van der Waals surface area (Å²) in [4.78, 5) is 3.73. The average Bonchev–Trinajstić information content (AvgIpc) is 2.65.